The third-order valence-corrected chi connectivity index (χ3v) is 3.95. The van der Waals surface area contributed by atoms with Crippen LogP contribution in [0.5, 0.6) is 0 Å². The number of carbonyl (C=O) groups is 2. The molecule has 10 heteroatoms. The summed E-state index contributed by atoms with van der Waals surface area (Å²) < 4.78 is 10.9. The van der Waals surface area contributed by atoms with Crippen LogP contribution in [0.2, 0.25) is 0 Å². The average molecular weight is 408 g/mol. The Morgan fingerprint density at radius 1 is 1.04 bits per heavy atom. The topological polar surface area (TPSA) is 163 Å². The lowest BCUT2D eigenvalue weighted by molar-refractivity contribution is -0.202. The Morgan fingerprint density at radius 3 is 2.36 bits per heavy atom. The van der Waals surface area contributed by atoms with Crippen LogP contribution < -0.4 is 16.4 Å². The van der Waals surface area contributed by atoms with E-state index < -0.39 is 31.7 Å². The highest BCUT2D eigenvalue weighted by Crippen LogP contribution is 2.06. The first kappa shape index (κ1) is 26.7. The smallest absolute Gasteiger partial charge is 0.220 e. The van der Waals surface area contributed by atoms with Gasteiger partial charge in [0.05, 0.1) is 26.4 Å². The normalized spacial score (nSPS) is 14.3. The van der Waals surface area contributed by atoms with Gasteiger partial charge in [-0.3, -0.25) is 9.59 Å². The van der Waals surface area contributed by atoms with Crippen molar-refractivity contribution in [2.75, 3.05) is 39.5 Å². The van der Waals surface area contributed by atoms with Gasteiger partial charge in [-0.05, 0) is 25.8 Å². The number of aliphatic hydroxyl groups excluding tert-OH is 3. The number of rotatable bonds is 18. The van der Waals surface area contributed by atoms with Gasteiger partial charge in [-0.15, -0.1) is 0 Å². The van der Waals surface area contributed by atoms with Crippen molar-refractivity contribution in [2.24, 2.45) is 5.73 Å². The van der Waals surface area contributed by atoms with E-state index in [1.807, 2.05) is 0 Å². The number of hydrogen-bond donors (Lipinski definition) is 6. The summed E-state index contributed by atoms with van der Waals surface area (Å²) in [4.78, 5) is 22.9. The number of ether oxygens (including phenoxy) is 2. The fraction of sp³-hybridized carbons (Fsp3) is 0.889. The Morgan fingerprint density at radius 2 is 1.75 bits per heavy atom. The predicted molar refractivity (Wildman–Crippen MR) is 103 cm³/mol. The van der Waals surface area contributed by atoms with Crippen LogP contribution in [0.3, 0.4) is 0 Å². The number of nitrogens with two attached hydrogens (primary N) is 1. The van der Waals surface area contributed by atoms with Crippen LogP contribution in [0.1, 0.15) is 45.4 Å². The Bertz CT molecular complexity index is 413. The fourth-order valence-electron chi connectivity index (χ4n) is 2.33. The summed E-state index contributed by atoms with van der Waals surface area (Å²) in [5.41, 5.74) is 5.42. The first-order chi connectivity index (χ1) is 13.4. The van der Waals surface area contributed by atoms with E-state index in [2.05, 4.69) is 10.6 Å². The van der Waals surface area contributed by atoms with Crippen LogP contribution >= 0.6 is 0 Å². The Hall–Kier alpha value is -1.30. The molecule has 2 amide bonds. The van der Waals surface area contributed by atoms with Crippen molar-refractivity contribution in [1.29, 1.82) is 0 Å². The first-order valence-corrected chi connectivity index (χ1v) is 9.82. The molecular formula is C18H37N3O7. The van der Waals surface area contributed by atoms with Crippen molar-refractivity contribution in [3.63, 3.8) is 0 Å². The van der Waals surface area contributed by atoms with E-state index in [0.717, 1.165) is 25.7 Å². The van der Waals surface area contributed by atoms with Gasteiger partial charge in [-0.1, -0.05) is 12.8 Å². The van der Waals surface area contributed by atoms with E-state index in [1.54, 1.807) is 0 Å². The zero-order valence-corrected chi connectivity index (χ0v) is 16.8. The Kier molecular flexibility index (Phi) is 16.9. The molecule has 0 saturated heterocycles. The highest BCUT2D eigenvalue weighted by Gasteiger charge is 2.23. The number of carbonyl (C=O) groups excluding carboxylic acids is 2. The third-order valence-electron chi connectivity index (χ3n) is 3.95. The molecule has 0 radical (unpaired) electrons. The maximum absolute atomic E-state index is 11.8. The van der Waals surface area contributed by atoms with Gasteiger partial charge >= 0.3 is 0 Å². The van der Waals surface area contributed by atoms with E-state index in [-0.39, 0.29) is 25.0 Å². The molecule has 0 rings (SSSR count). The highest BCUT2D eigenvalue weighted by molar-refractivity contribution is 5.75. The number of nitrogens with one attached hydrogen (secondary N) is 2. The molecule has 0 aromatic heterocycles. The summed E-state index contributed by atoms with van der Waals surface area (Å²) in [6.07, 6.45) is 1.51. The summed E-state index contributed by atoms with van der Waals surface area (Å²) in [5.74, 6) is -0.350. The van der Waals surface area contributed by atoms with Crippen LogP contribution in [-0.2, 0) is 19.1 Å². The molecule has 3 atom stereocenters. The molecule has 10 nitrogen and oxygen atoms in total. The number of hydrogen-bond acceptors (Lipinski definition) is 8. The van der Waals surface area contributed by atoms with E-state index >= 15 is 0 Å². The molecule has 0 aromatic carbocycles. The van der Waals surface area contributed by atoms with Gasteiger partial charge in [0, 0.05) is 19.9 Å². The minimum absolute atomic E-state index is 0.0129. The zero-order chi connectivity index (χ0) is 21.2. The van der Waals surface area contributed by atoms with Crippen LogP contribution in [0, 0.1) is 0 Å². The molecule has 0 aliphatic heterocycles. The van der Waals surface area contributed by atoms with Gasteiger partial charge in [0.15, 0.2) is 6.29 Å². The van der Waals surface area contributed by atoms with Crippen LogP contribution in [0.15, 0.2) is 0 Å². The van der Waals surface area contributed by atoms with Crippen molar-refractivity contribution >= 4 is 11.8 Å². The van der Waals surface area contributed by atoms with Crippen molar-refractivity contribution in [1.82, 2.24) is 10.6 Å². The van der Waals surface area contributed by atoms with Crippen molar-refractivity contribution < 1.29 is 34.4 Å². The Labute approximate surface area is 166 Å². The number of aliphatic hydroxyl groups is 3. The molecule has 7 N–H and O–H groups in total. The molecule has 3 unspecified atom stereocenters. The maximum atomic E-state index is 11.8. The Balaban J connectivity index is 4.11. The molecule has 0 spiro atoms. The standard InChI is InChI=1S/C18H37N3O7/c1-14(24)21-11-18(28-16(13-23)15(25)12-22)27-10-6-7-17(26)20-9-5-3-2-4-8-19/h15-16,18,22-23,25H,2-13,19H2,1H3,(H,20,26)(H,21,24). The minimum atomic E-state index is -1.27. The third kappa shape index (κ3) is 14.7. The lowest BCUT2D eigenvalue weighted by Gasteiger charge is -2.26. The SMILES string of the molecule is CC(=O)NCC(OCCCC(=O)NCCCCCCN)OC(CO)C(O)CO. The van der Waals surface area contributed by atoms with Crippen molar-refractivity contribution in [3.8, 4) is 0 Å². The largest absolute Gasteiger partial charge is 0.394 e. The van der Waals surface area contributed by atoms with Gasteiger partial charge in [0.2, 0.25) is 11.8 Å². The molecule has 0 bridgehead atoms. The average Bonchev–Trinajstić information content (AvgIpc) is 2.68. The molecule has 28 heavy (non-hydrogen) atoms. The summed E-state index contributed by atoms with van der Waals surface area (Å²) in [5, 5.41) is 33.2. The summed E-state index contributed by atoms with van der Waals surface area (Å²) >= 11 is 0. The second kappa shape index (κ2) is 17.8. The maximum Gasteiger partial charge on any atom is 0.220 e. The van der Waals surface area contributed by atoms with Crippen LogP contribution in [-0.4, -0.2) is 85.1 Å². The summed E-state index contributed by atoms with van der Waals surface area (Å²) in [7, 11) is 0. The van der Waals surface area contributed by atoms with Crippen LogP contribution in [0.4, 0.5) is 0 Å². The van der Waals surface area contributed by atoms with E-state index in [4.69, 9.17) is 20.3 Å². The fourth-order valence-corrected chi connectivity index (χ4v) is 2.33. The lowest BCUT2D eigenvalue weighted by Crippen LogP contribution is -2.43. The van der Waals surface area contributed by atoms with E-state index in [0.29, 0.717) is 25.9 Å². The molecule has 0 fully saturated rings. The minimum Gasteiger partial charge on any atom is -0.394 e. The summed E-state index contributed by atoms with van der Waals surface area (Å²) in [6.45, 7) is 1.77. The molecule has 0 aliphatic rings. The molecule has 0 aromatic rings. The van der Waals surface area contributed by atoms with Crippen molar-refractivity contribution in [2.45, 2.75) is 63.9 Å². The van der Waals surface area contributed by atoms with E-state index in [9.17, 15) is 19.8 Å². The van der Waals surface area contributed by atoms with Gasteiger partial charge in [-0.25, -0.2) is 0 Å². The quantitative estimate of drug-likeness (QED) is 0.119. The predicted octanol–water partition coefficient (Wildman–Crippen LogP) is -1.39. The lowest BCUT2D eigenvalue weighted by atomic mass is 10.2. The van der Waals surface area contributed by atoms with Gasteiger partial charge in [0.25, 0.3) is 0 Å². The molecule has 166 valence electrons. The van der Waals surface area contributed by atoms with Gasteiger partial charge in [-0.2, -0.15) is 0 Å². The van der Waals surface area contributed by atoms with Gasteiger partial charge in [0.1, 0.15) is 12.2 Å². The van der Waals surface area contributed by atoms with Crippen molar-refractivity contribution in [3.05, 3.63) is 0 Å². The number of unbranched alkanes of at least 4 members (excludes halogenated alkanes) is 3. The second-order valence-corrected chi connectivity index (χ2v) is 6.50. The first-order valence-electron chi connectivity index (χ1n) is 9.82. The number of amides is 2. The zero-order valence-electron chi connectivity index (χ0n) is 16.8. The van der Waals surface area contributed by atoms with Gasteiger partial charge < -0.3 is 41.2 Å². The molecular weight excluding hydrogens is 370 g/mol. The molecule has 0 heterocycles. The second-order valence-electron chi connectivity index (χ2n) is 6.50. The van der Waals surface area contributed by atoms with Crippen LogP contribution in [0.25, 0.3) is 0 Å². The molecule has 0 aliphatic carbocycles. The molecule has 0 saturated carbocycles. The summed E-state index contributed by atoms with van der Waals surface area (Å²) in [6, 6.07) is 0. The van der Waals surface area contributed by atoms with E-state index in [1.165, 1.54) is 6.92 Å². The highest BCUT2D eigenvalue weighted by atomic mass is 16.7. The monoisotopic (exact) mass is 407 g/mol.